The lowest BCUT2D eigenvalue weighted by Crippen LogP contribution is -2.43. The molecule has 1 nitrogen and oxygen atoms in total. The zero-order valence-corrected chi connectivity index (χ0v) is 14.6. The second kappa shape index (κ2) is 6.52. The standard InChI is InChI=1S/C20H33N/c1-16(2)21-15-20(14-13-19(3,4)5)12-8-10-17-9-6-7-11-18(17)20/h6-7,9,11,16,21H,8,10,12-15H2,1-5H3. The van der Waals surface area contributed by atoms with Gasteiger partial charge in [0.2, 0.25) is 0 Å². The predicted molar refractivity (Wildman–Crippen MR) is 92.9 cm³/mol. The first kappa shape index (κ1) is 16.5. The predicted octanol–water partition coefficient (Wildman–Crippen LogP) is 5.09. The number of fused-ring (bicyclic) bond motifs is 1. The summed E-state index contributed by atoms with van der Waals surface area (Å²) in [7, 11) is 0. The summed E-state index contributed by atoms with van der Waals surface area (Å²) < 4.78 is 0. The zero-order valence-electron chi connectivity index (χ0n) is 14.6. The van der Waals surface area contributed by atoms with Crippen LogP contribution in [-0.4, -0.2) is 12.6 Å². The quantitative estimate of drug-likeness (QED) is 0.796. The largest absolute Gasteiger partial charge is 0.314 e. The number of aryl methyl sites for hydroxylation is 1. The molecule has 0 heterocycles. The van der Waals surface area contributed by atoms with Crippen LogP contribution in [0.4, 0.5) is 0 Å². The van der Waals surface area contributed by atoms with Crippen molar-refractivity contribution in [1.82, 2.24) is 5.32 Å². The Labute approximate surface area is 131 Å². The van der Waals surface area contributed by atoms with Gasteiger partial charge >= 0.3 is 0 Å². The van der Waals surface area contributed by atoms with Crippen molar-refractivity contribution in [1.29, 1.82) is 0 Å². The normalized spacial score (nSPS) is 22.4. The van der Waals surface area contributed by atoms with Crippen LogP contribution >= 0.6 is 0 Å². The van der Waals surface area contributed by atoms with Crippen molar-refractivity contribution in [2.45, 2.75) is 78.2 Å². The highest BCUT2D eigenvalue weighted by molar-refractivity contribution is 5.37. The number of hydrogen-bond donors (Lipinski definition) is 1. The van der Waals surface area contributed by atoms with Crippen LogP contribution in [-0.2, 0) is 11.8 Å². The Kier molecular flexibility index (Phi) is 5.14. The van der Waals surface area contributed by atoms with Gasteiger partial charge in [-0.15, -0.1) is 0 Å². The van der Waals surface area contributed by atoms with E-state index in [-0.39, 0.29) is 0 Å². The summed E-state index contributed by atoms with van der Waals surface area (Å²) in [4.78, 5) is 0. The van der Waals surface area contributed by atoms with Crippen molar-refractivity contribution < 1.29 is 0 Å². The second-order valence-electron chi connectivity index (χ2n) is 8.39. The minimum Gasteiger partial charge on any atom is -0.314 e. The van der Waals surface area contributed by atoms with Crippen LogP contribution in [0, 0.1) is 5.41 Å². The molecule has 1 heteroatoms. The molecule has 1 aromatic carbocycles. The highest BCUT2D eigenvalue weighted by Crippen LogP contribution is 2.42. The molecule has 21 heavy (non-hydrogen) atoms. The molecule has 2 rings (SSSR count). The third-order valence-electron chi connectivity index (χ3n) is 4.89. The average molecular weight is 287 g/mol. The minimum absolute atomic E-state index is 0.340. The summed E-state index contributed by atoms with van der Waals surface area (Å²) >= 11 is 0. The van der Waals surface area contributed by atoms with Gasteiger partial charge in [-0.2, -0.15) is 0 Å². The smallest absolute Gasteiger partial charge is 0.00809 e. The van der Waals surface area contributed by atoms with E-state index in [4.69, 9.17) is 0 Å². The van der Waals surface area contributed by atoms with Crippen molar-refractivity contribution in [3.63, 3.8) is 0 Å². The Balaban J connectivity index is 2.28. The maximum atomic E-state index is 3.73. The number of benzene rings is 1. The van der Waals surface area contributed by atoms with Crippen LogP contribution in [0.3, 0.4) is 0 Å². The van der Waals surface area contributed by atoms with E-state index in [1.807, 2.05) is 0 Å². The van der Waals surface area contributed by atoms with Gasteiger partial charge in [-0.25, -0.2) is 0 Å². The average Bonchev–Trinajstić information content (AvgIpc) is 2.42. The third-order valence-corrected chi connectivity index (χ3v) is 4.89. The van der Waals surface area contributed by atoms with E-state index in [2.05, 4.69) is 64.2 Å². The Morgan fingerprint density at radius 2 is 1.90 bits per heavy atom. The fourth-order valence-corrected chi connectivity index (χ4v) is 3.55. The molecule has 0 bridgehead atoms. The van der Waals surface area contributed by atoms with Gasteiger partial charge in [-0.3, -0.25) is 0 Å². The van der Waals surface area contributed by atoms with Gasteiger partial charge in [0.1, 0.15) is 0 Å². The van der Waals surface area contributed by atoms with Crippen LogP contribution in [0.15, 0.2) is 24.3 Å². The Hall–Kier alpha value is -0.820. The lowest BCUT2D eigenvalue weighted by molar-refractivity contribution is 0.251. The molecule has 1 N–H and O–H groups in total. The molecule has 0 aromatic heterocycles. The summed E-state index contributed by atoms with van der Waals surface area (Å²) in [5, 5.41) is 3.73. The molecular formula is C20H33N. The summed E-state index contributed by atoms with van der Waals surface area (Å²) in [6, 6.07) is 9.72. The molecule has 0 fully saturated rings. The van der Waals surface area contributed by atoms with Gasteiger partial charge < -0.3 is 5.32 Å². The molecule has 0 radical (unpaired) electrons. The van der Waals surface area contributed by atoms with E-state index in [0.29, 0.717) is 16.9 Å². The van der Waals surface area contributed by atoms with Gasteiger partial charge in [0.25, 0.3) is 0 Å². The molecule has 1 aliphatic rings. The lowest BCUT2D eigenvalue weighted by atomic mass is 9.65. The Morgan fingerprint density at radius 3 is 2.57 bits per heavy atom. The Morgan fingerprint density at radius 1 is 1.19 bits per heavy atom. The summed E-state index contributed by atoms with van der Waals surface area (Å²) in [6.07, 6.45) is 6.52. The Bertz CT molecular complexity index is 455. The second-order valence-corrected chi connectivity index (χ2v) is 8.39. The van der Waals surface area contributed by atoms with E-state index in [1.165, 1.54) is 32.1 Å². The zero-order chi connectivity index (χ0) is 15.5. The fraction of sp³-hybridized carbons (Fsp3) is 0.700. The first-order valence-electron chi connectivity index (χ1n) is 8.64. The van der Waals surface area contributed by atoms with E-state index in [0.717, 1.165) is 6.54 Å². The van der Waals surface area contributed by atoms with Crippen LogP contribution in [0.5, 0.6) is 0 Å². The monoisotopic (exact) mass is 287 g/mol. The van der Waals surface area contributed by atoms with E-state index < -0.39 is 0 Å². The highest BCUT2D eigenvalue weighted by Gasteiger charge is 2.36. The van der Waals surface area contributed by atoms with Gasteiger partial charge in [-0.1, -0.05) is 58.9 Å². The molecule has 1 atom stereocenters. The number of nitrogens with one attached hydrogen (secondary N) is 1. The van der Waals surface area contributed by atoms with E-state index in [1.54, 1.807) is 11.1 Å². The summed E-state index contributed by atoms with van der Waals surface area (Å²) in [6.45, 7) is 12.7. The van der Waals surface area contributed by atoms with Gasteiger partial charge in [0.05, 0.1) is 0 Å². The van der Waals surface area contributed by atoms with Gasteiger partial charge in [-0.05, 0) is 48.6 Å². The molecule has 0 amide bonds. The fourth-order valence-electron chi connectivity index (χ4n) is 3.55. The number of hydrogen-bond acceptors (Lipinski definition) is 1. The molecule has 0 spiro atoms. The maximum absolute atomic E-state index is 3.73. The number of rotatable bonds is 5. The van der Waals surface area contributed by atoms with Crippen LogP contribution in [0.1, 0.15) is 71.4 Å². The highest BCUT2D eigenvalue weighted by atomic mass is 14.9. The topological polar surface area (TPSA) is 12.0 Å². The molecule has 0 saturated carbocycles. The SMILES string of the molecule is CC(C)NCC1(CCC(C)(C)C)CCCc2ccccc21. The summed E-state index contributed by atoms with van der Waals surface area (Å²) in [5.41, 5.74) is 3.96. The van der Waals surface area contributed by atoms with E-state index in [9.17, 15) is 0 Å². The summed E-state index contributed by atoms with van der Waals surface area (Å²) in [5.74, 6) is 0. The van der Waals surface area contributed by atoms with Crippen molar-refractivity contribution in [3.05, 3.63) is 35.4 Å². The maximum Gasteiger partial charge on any atom is 0.00809 e. The molecule has 1 unspecified atom stereocenters. The van der Waals surface area contributed by atoms with Crippen LogP contribution in [0.25, 0.3) is 0 Å². The van der Waals surface area contributed by atoms with Crippen LogP contribution in [0.2, 0.25) is 0 Å². The molecule has 1 aliphatic carbocycles. The minimum atomic E-state index is 0.340. The molecule has 0 aliphatic heterocycles. The lowest BCUT2D eigenvalue weighted by Gasteiger charge is -2.41. The molecule has 1 aromatic rings. The van der Waals surface area contributed by atoms with Crippen LogP contribution < -0.4 is 5.32 Å². The van der Waals surface area contributed by atoms with E-state index >= 15 is 0 Å². The molecule has 0 saturated heterocycles. The third kappa shape index (κ3) is 4.32. The van der Waals surface area contributed by atoms with Crippen molar-refractivity contribution in [2.75, 3.05) is 6.54 Å². The first-order chi connectivity index (χ1) is 9.82. The van der Waals surface area contributed by atoms with Crippen molar-refractivity contribution in [3.8, 4) is 0 Å². The van der Waals surface area contributed by atoms with Crippen molar-refractivity contribution in [2.24, 2.45) is 5.41 Å². The first-order valence-corrected chi connectivity index (χ1v) is 8.64. The van der Waals surface area contributed by atoms with Gasteiger partial charge in [0, 0.05) is 18.0 Å². The van der Waals surface area contributed by atoms with Gasteiger partial charge in [0.15, 0.2) is 0 Å². The molecule has 118 valence electrons. The van der Waals surface area contributed by atoms with Crippen molar-refractivity contribution >= 4 is 0 Å². The molecular weight excluding hydrogens is 254 g/mol.